The van der Waals surface area contributed by atoms with Crippen molar-refractivity contribution in [1.29, 1.82) is 0 Å². The minimum Gasteiger partial charge on any atom is -0.378 e. The highest BCUT2D eigenvalue weighted by Crippen LogP contribution is 2.54. The van der Waals surface area contributed by atoms with Crippen molar-refractivity contribution < 1.29 is 18.9 Å². The van der Waals surface area contributed by atoms with Crippen LogP contribution in [0.2, 0.25) is 0 Å². The molecule has 4 aliphatic carbocycles. The Morgan fingerprint density at radius 1 is 0.367 bits per heavy atom. The molecule has 748 valence electrons. The molecular formula is C116H220N8O4. The third-order valence-electron chi connectivity index (χ3n) is 37.3. The first kappa shape index (κ1) is 108. The average molecular weight is 1790 g/mol. The number of hydrogen-bond donors (Lipinski definition) is 0. The van der Waals surface area contributed by atoms with Crippen LogP contribution in [-0.2, 0) is 18.9 Å². The van der Waals surface area contributed by atoms with Gasteiger partial charge in [-0.05, 0) is 394 Å². The lowest BCUT2D eigenvalue weighted by Gasteiger charge is -2.48. The first-order valence-corrected chi connectivity index (χ1v) is 55.7. The Morgan fingerprint density at radius 2 is 0.883 bits per heavy atom. The van der Waals surface area contributed by atoms with Crippen molar-refractivity contribution in [3.8, 4) is 0 Å². The molecule has 17 saturated heterocycles. The molecule has 0 aromatic carbocycles. The maximum absolute atomic E-state index is 6.16. The number of hydrogen-bond acceptors (Lipinski definition) is 12. The van der Waals surface area contributed by atoms with E-state index >= 15 is 0 Å². The molecule has 0 aromatic heterocycles. The van der Waals surface area contributed by atoms with Crippen molar-refractivity contribution in [1.82, 2.24) is 39.2 Å². The first-order valence-electron chi connectivity index (χ1n) is 55.7. The lowest BCUT2D eigenvalue weighted by Crippen LogP contribution is -2.53. The highest BCUT2D eigenvalue weighted by molar-refractivity contribution is 5.05. The van der Waals surface area contributed by atoms with Crippen LogP contribution in [0.1, 0.15) is 413 Å². The van der Waals surface area contributed by atoms with Gasteiger partial charge in [0.05, 0.1) is 49.3 Å². The molecule has 0 N–H and O–H groups in total. The Hall–Kier alpha value is -0.480. The zero-order valence-corrected chi connectivity index (χ0v) is 91.7. The Labute approximate surface area is 796 Å². The van der Waals surface area contributed by atoms with Gasteiger partial charge in [0, 0.05) is 113 Å². The van der Waals surface area contributed by atoms with E-state index in [1.165, 1.54) is 284 Å². The molecule has 22 unspecified atom stereocenters. The van der Waals surface area contributed by atoms with E-state index in [-0.39, 0.29) is 5.60 Å². The molecule has 18 bridgehead atoms. The van der Waals surface area contributed by atoms with Crippen LogP contribution in [0.5, 0.6) is 0 Å². The van der Waals surface area contributed by atoms with Gasteiger partial charge in [-0.1, -0.05) is 186 Å². The summed E-state index contributed by atoms with van der Waals surface area (Å²) in [5.74, 6) is 13.4. The van der Waals surface area contributed by atoms with Gasteiger partial charge in [0.1, 0.15) is 0 Å². The van der Waals surface area contributed by atoms with Crippen molar-refractivity contribution in [2.75, 3.05) is 120 Å². The summed E-state index contributed by atoms with van der Waals surface area (Å²) in [6, 6.07) is 6.39. The molecule has 21 fully saturated rings. The summed E-state index contributed by atoms with van der Waals surface area (Å²) >= 11 is 0. The standard InChI is InChI=1S/C14H27NO.C14H27N.C13H25N.C12H23N.C11H22N2.C11H21N.2C11H20O.C10H18O.C9H17N/c1-13(2,3)9-12-10-14(16-11-12)5-7-15(4)8-6-14;1-14(2,3)8-7-13-11-5-6-12(13)10-15(4)9-11;1-13(2,3)9-10-7-11-5-6-12(8-10)14(11)4;1-12(2,3)11-9-5-6-10(11)8-13(4)7-9;1-5-12-7-10-6-9(12)8-13(10)11(2,3)4;1-11(2,3)8-12-7-9-4-5-10(12)6-9;1-11(2,3)8-6-9-4-5-10(7-8)12-9;1-11(2,3)10-6-9-5-4-8(10)7-12-9;1-10(2,3)8-6-7-4-5-9(8)11-7;1-3-7-6-8-4-5-9(7)10(8)2/h12H,5-11H2,1-4H3;11-13H,5-10H2,1-4H3;10-12H,5-9H2,1-4H3;9-11H,5-8H2,1-4H3;9-10H,5-8H2,1-4H3;9-10H,4-8H2,1-3H3;2*8-10H,4-7H2,1-3H3;7-9H,4-6H2,1-3H3;7-9H,3-6H2,1-2H3. The van der Waals surface area contributed by atoms with E-state index in [0.717, 1.165) is 138 Å². The normalized spacial score (nSPS) is 39.0. The van der Waals surface area contributed by atoms with Gasteiger partial charge in [-0.2, -0.15) is 0 Å². The minimum atomic E-state index is 0.252. The number of ether oxygens (including phenoxy) is 4. The summed E-state index contributed by atoms with van der Waals surface area (Å²) in [6.45, 7) is 84.9. The molecule has 0 radical (unpaired) electrons. The number of piperazine rings is 1. The van der Waals surface area contributed by atoms with Crippen LogP contribution in [0.25, 0.3) is 0 Å². The van der Waals surface area contributed by atoms with Crippen LogP contribution in [-0.4, -0.2) is 244 Å². The predicted octanol–water partition coefficient (Wildman–Crippen LogP) is 26.6. The molecule has 17 aliphatic heterocycles. The number of likely N-dealkylation sites (tertiary alicyclic amines) is 6. The molecule has 12 heteroatoms. The Morgan fingerprint density at radius 3 is 1.27 bits per heavy atom. The topological polar surface area (TPSA) is 62.8 Å². The highest BCUT2D eigenvalue weighted by Gasteiger charge is 2.52. The van der Waals surface area contributed by atoms with E-state index in [0.29, 0.717) is 79.4 Å². The summed E-state index contributed by atoms with van der Waals surface area (Å²) in [7, 11) is 11.4. The number of piperidine rings is 5. The molecule has 1 spiro atoms. The smallest absolute Gasteiger partial charge is 0.0710 e. The van der Waals surface area contributed by atoms with Gasteiger partial charge < -0.3 is 43.4 Å². The lowest BCUT2D eigenvalue weighted by molar-refractivity contribution is -0.118. The molecular weight excluding hydrogens is 1570 g/mol. The van der Waals surface area contributed by atoms with Crippen LogP contribution < -0.4 is 0 Å². The molecule has 12 nitrogen and oxygen atoms in total. The molecule has 22 atom stereocenters. The molecule has 128 heavy (non-hydrogen) atoms. The highest BCUT2D eigenvalue weighted by atomic mass is 16.5. The second-order valence-corrected chi connectivity index (χ2v) is 58.3. The maximum Gasteiger partial charge on any atom is 0.0710 e. The van der Waals surface area contributed by atoms with Crippen LogP contribution >= 0.6 is 0 Å². The predicted molar refractivity (Wildman–Crippen MR) is 548 cm³/mol. The van der Waals surface area contributed by atoms with Gasteiger partial charge in [-0.25, -0.2) is 0 Å². The summed E-state index contributed by atoms with van der Waals surface area (Å²) in [5, 5.41) is 0. The molecule has 4 saturated carbocycles. The summed E-state index contributed by atoms with van der Waals surface area (Å²) in [6.07, 6.45) is 49.2. The second-order valence-electron chi connectivity index (χ2n) is 58.3. The van der Waals surface area contributed by atoms with E-state index in [1.807, 2.05) is 0 Å². The van der Waals surface area contributed by atoms with Crippen LogP contribution in [0.4, 0.5) is 0 Å². The number of nitrogens with zero attached hydrogens (tertiary/aromatic N) is 8. The Kier molecular flexibility index (Phi) is 37.6. The molecule has 21 aliphatic rings. The van der Waals surface area contributed by atoms with Crippen molar-refractivity contribution in [2.45, 2.75) is 497 Å². The first-order chi connectivity index (χ1) is 59.4. The maximum atomic E-state index is 6.16. The van der Waals surface area contributed by atoms with Crippen molar-refractivity contribution in [3.63, 3.8) is 0 Å². The van der Waals surface area contributed by atoms with Gasteiger partial charge in [0.2, 0.25) is 0 Å². The van der Waals surface area contributed by atoms with Crippen LogP contribution in [0.15, 0.2) is 0 Å². The van der Waals surface area contributed by atoms with Crippen LogP contribution in [0, 0.1) is 126 Å². The second kappa shape index (κ2) is 44.6. The molecule has 17 heterocycles. The lowest BCUT2D eigenvalue weighted by atomic mass is 9.64. The number of likely N-dealkylation sites (N-methyl/N-ethyl adjacent to an activating group) is 1. The Balaban J connectivity index is 0.000000138. The summed E-state index contributed by atoms with van der Waals surface area (Å²) < 4.78 is 23.5. The summed E-state index contributed by atoms with van der Waals surface area (Å²) in [4.78, 5) is 20.8. The third-order valence-corrected chi connectivity index (χ3v) is 37.3. The molecule has 0 aromatic rings. The fourth-order valence-electron chi connectivity index (χ4n) is 31.0. The van der Waals surface area contributed by atoms with E-state index in [4.69, 9.17) is 18.9 Å². The number of fused-ring (bicyclic) bond motifs is 19. The van der Waals surface area contributed by atoms with E-state index < -0.39 is 0 Å². The van der Waals surface area contributed by atoms with Crippen molar-refractivity contribution >= 4 is 0 Å². The third kappa shape index (κ3) is 31.0. The Bertz CT molecular complexity index is 3180. The van der Waals surface area contributed by atoms with E-state index in [2.05, 4.69) is 275 Å². The fourth-order valence-corrected chi connectivity index (χ4v) is 31.0. The van der Waals surface area contributed by atoms with Crippen molar-refractivity contribution in [2.24, 2.45) is 126 Å². The zero-order chi connectivity index (χ0) is 94.0. The van der Waals surface area contributed by atoms with Gasteiger partial charge in [0.25, 0.3) is 0 Å². The largest absolute Gasteiger partial charge is 0.378 e. The van der Waals surface area contributed by atoms with Crippen LogP contribution in [0.3, 0.4) is 0 Å². The summed E-state index contributed by atoms with van der Waals surface area (Å²) in [5.41, 5.74) is 4.60. The molecule has 0 amide bonds. The van der Waals surface area contributed by atoms with Gasteiger partial charge >= 0.3 is 0 Å². The monoisotopic (exact) mass is 1790 g/mol. The fraction of sp³-hybridized carbons (Fsp3) is 1.00. The SMILES string of the molecule is CC(C)(C)C1CC2CCC(C1)O2.CC(C)(C)C1CC2CCC1CO2.CC(C)(C)C1CC2CCC1O2.CC(C)(C)CN1CC2CCC1C2.CCC1CC2CCC1N2C.CCN1CC2CC1CN2C(C)(C)C.CN1C2CCC1CC(CC(C)(C)C)C2.CN1CC2CCC(C1)C2C(C)(C)C.CN1CC2CCC(C1)C2CCC(C)(C)C.CN1CCC2(CC1)CC(CC(C)(C)C)CO2. The zero-order valence-electron chi connectivity index (χ0n) is 91.7. The number of rotatable bonds is 7. The van der Waals surface area contributed by atoms with E-state index in [9.17, 15) is 0 Å². The van der Waals surface area contributed by atoms with Gasteiger partial charge in [-0.3, -0.25) is 14.7 Å². The van der Waals surface area contributed by atoms with Gasteiger partial charge in [0.15, 0.2) is 0 Å². The van der Waals surface area contributed by atoms with Crippen molar-refractivity contribution in [3.05, 3.63) is 0 Å². The quantitative estimate of drug-likeness (QED) is 0.244. The minimum absolute atomic E-state index is 0.252. The van der Waals surface area contributed by atoms with E-state index in [1.54, 1.807) is 0 Å². The van der Waals surface area contributed by atoms with Gasteiger partial charge in [-0.15, -0.1) is 0 Å². The molecule has 21 rings (SSSR count). The average Bonchev–Trinajstić information content (AvgIpc) is 1.57.